The number of likely N-dealkylation sites (tertiary alicyclic amines) is 1. The van der Waals surface area contributed by atoms with Crippen molar-refractivity contribution in [3.05, 3.63) is 0 Å². The van der Waals surface area contributed by atoms with Crippen molar-refractivity contribution in [3.63, 3.8) is 0 Å². The van der Waals surface area contributed by atoms with Crippen LogP contribution in [0.1, 0.15) is 59.3 Å². The van der Waals surface area contributed by atoms with Gasteiger partial charge in [-0.05, 0) is 40.0 Å². The Morgan fingerprint density at radius 1 is 1.22 bits per heavy atom. The minimum atomic E-state index is -0.114. The highest BCUT2D eigenvalue weighted by Gasteiger charge is 2.24. The summed E-state index contributed by atoms with van der Waals surface area (Å²) in [6.07, 6.45) is 5.34. The largest absolute Gasteiger partial charge is 0.466 e. The van der Waals surface area contributed by atoms with E-state index in [9.17, 15) is 9.59 Å². The molecule has 134 valence electrons. The van der Waals surface area contributed by atoms with Crippen molar-refractivity contribution in [2.75, 3.05) is 26.2 Å². The van der Waals surface area contributed by atoms with Crippen molar-refractivity contribution < 1.29 is 14.3 Å². The third-order valence-corrected chi connectivity index (χ3v) is 4.18. The molecule has 1 unspecified atom stereocenters. The van der Waals surface area contributed by atoms with Crippen LogP contribution in [0.4, 0.5) is 4.79 Å². The quantitative estimate of drug-likeness (QED) is 0.477. The minimum absolute atomic E-state index is 0.0628. The molecule has 0 aromatic heterocycles. The Morgan fingerprint density at radius 2 is 1.96 bits per heavy atom. The number of urea groups is 1. The van der Waals surface area contributed by atoms with Gasteiger partial charge in [-0.25, -0.2) is 4.79 Å². The van der Waals surface area contributed by atoms with Gasteiger partial charge in [0.05, 0.1) is 6.61 Å². The normalized spacial score (nSPS) is 18.2. The standard InChI is InChI=1S/C17H33N3O3/c1-4-23-16(21)9-7-5-6-8-11-18-17(22)19-15-10-12-20(13-15)14(2)3/h14-15H,4-13H2,1-3H3,(H2,18,19,22). The number of hydrogen-bond donors (Lipinski definition) is 2. The lowest BCUT2D eigenvalue weighted by Gasteiger charge is -2.20. The number of unbranched alkanes of at least 4 members (excludes halogenated alkanes) is 3. The van der Waals surface area contributed by atoms with Crippen molar-refractivity contribution in [2.24, 2.45) is 0 Å². The lowest BCUT2D eigenvalue weighted by Crippen LogP contribution is -2.44. The second-order valence-corrected chi connectivity index (χ2v) is 6.44. The summed E-state index contributed by atoms with van der Waals surface area (Å²) in [6.45, 7) is 9.33. The topological polar surface area (TPSA) is 70.7 Å². The van der Waals surface area contributed by atoms with Crippen LogP contribution in [-0.2, 0) is 9.53 Å². The van der Waals surface area contributed by atoms with E-state index < -0.39 is 0 Å². The molecule has 1 aliphatic rings. The Kier molecular flexibility index (Phi) is 9.67. The van der Waals surface area contributed by atoms with Crippen LogP contribution in [0.25, 0.3) is 0 Å². The smallest absolute Gasteiger partial charge is 0.315 e. The fraction of sp³-hybridized carbons (Fsp3) is 0.882. The maximum atomic E-state index is 11.8. The van der Waals surface area contributed by atoms with Crippen LogP contribution in [0.5, 0.6) is 0 Å². The van der Waals surface area contributed by atoms with E-state index in [0.717, 1.165) is 45.2 Å². The first kappa shape index (κ1) is 19.7. The predicted molar refractivity (Wildman–Crippen MR) is 91.4 cm³/mol. The van der Waals surface area contributed by atoms with Crippen LogP contribution in [-0.4, -0.2) is 55.2 Å². The highest BCUT2D eigenvalue weighted by atomic mass is 16.5. The van der Waals surface area contributed by atoms with Gasteiger partial charge in [-0.2, -0.15) is 0 Å². The van der Waals surface area contributed by atoms with Crippen LogP contribution in [0.2, 0.25) is 0 Å². The summed E-state index contributed by atoms with van der Waals surface area (Å²) in [5.74, 6) is -0.114. The van der Waals surface area contributed by atoms with E-state index in [0.29, 0.717) is 25.6 Å². The fourth-order valence-corrected chi connectivity index (χ4v) is 2.79. The zero-order valence-electron chi connectivity index (χ0n) is 14.9. The number of carbonyl (C=O) groups excluding carboxylic acids is 2. The molecule has 2 N–H and O–H groups in total. The third kappa shape index (κ3) is 8.79. The molecule has 2 amide bonds. The van der Waals surface area contributed by atoms with Crippen LogP contribution in [0, 0.1) is 0 Å². The van der Waals surface area contributed by atoms with E-state index >= 15 is 0 Å². The number of esters is 1. The lowest BCUT2D eigenvalue weighted by atomic mass is 10.1. The maximum absolute atomic E-state index is 11.8. The van der Waals surface area contributed by atoms with Crippen molar-refractivity contribution in [1.82, 2.24) is 15.5 Å². The van der Waals surface area contributed by atoms with Crippen LogP contribution in [0.15, 0.2) is 0 Å². The molecule has 6 heteroatoms. The van der Waals surface area contributed by atoms with Crippen LogP contribution in [0.3, 0.4) is 0 Å². The molecular weight excluding hydrogens is 294 g/mol. The molecular formula is C17H33N3O3. The van der Waals surface area contributed by atoms with Crippen LogP contribution < -0.4 is 10.6 Å². The molecule has 0 aromatic rings. The van der Waals surface area contributed by atoms with Gasteiger partial charge < -0.3 is 15.4 Å². The first-order chi connectivity index (χ1) is 11.0. The van der Waals surface area contributed by atoms with Crippen molar-refractivity contribution in [2.45, 2.75) is 71.4 Å². The van der Waals surface area contributed by atoms with E-state index in [1.54, 1.807) is 0 Å². The molecule has 0 aliphatic carbocycles. The molecule has 0 bridgehead atoms. The van der Waals surface area contributed by atoms with E-state index in [4.69, 9.17) is 4.74 Å². The van der Waals surface area contributed by atoms with E-state index in [2.05, 4.69) is 29.4 Å². The van der Waals surface area contributed by atoms with E-state index in [1.807, 2.05) is 6.92 Å². The molecule has 0 radical (unpaired) electrons. The predicted octanol–water partition coefficient (Wildman–Crippen LogP) is 2.28. The molecule has 0 saturated carbocycles. The average molecular weight is 327 g/mol. The van der Waals surface area contributed by atoms with E-state index in [1.165, 1.54) is 0 Å². The van der Waals surface area contributed by atoms with Gasteiger partial charge in [0.2, 0.25) is 0 Å². The number of nitrogens with one attached hydrogen (secondary N) is 2. The summed E-state index contributed by atoms with van der Waals surface area (Å²) in [4.78, 5) is 25.4. The van der Waals surface area contributed by atoms with Crippen molar-refractivity contribution in [1.29, 1.82) is 0 Å². The molecule has 23 heavy (non-hydrogen) atoms. The summed E-state index contributed by atoms with van der Waals surface area (Å²) in [5.41, 5.74) is 0. The van der Waals surface area contributed by atoms with Gasteiger partial charge in [0, 0.05) is 38.1 Å². The number of carbonyl (C=O) groups is 2. The summed E-state index contributed by atoms with van der Waals surface area (Å²) < 4.78 is 4.88. The van der Waals surface area contributed by atoms with Gasteiger partial charge in [-0.1, -0.05) is 12.8 Å². The van der Waals surface area contributed by atoms with Crippen molar-refractivity contribution >= 4 is 12.0 Å². The second kappa shape index (κ2) is 11.3. The van der Waals surface area contributed by atoms with Gasteiger partial charge in [0.1, 0.15) is 0 Å². The Labute approximate surface area is 140 Å². The fourth-order valence-electron chi connectivity index (χ4n) is 2.79. The third-order valence-electron chi connectivity index (χ3n) is 4.18. The Morgan fingerprint density at radius 3 is 2.61 bits per heavy atom. The number of ether oxygens (including phenoxy) is 1. The van der Waals surface area contributed by atoms with Gasteiger partial charge >= 0.3 is 12.0 Å². The number of nitrogens with zero attached hydrogens (tertiary/aromatic N) is 1. The summed E-state index contributed by atoms with van der Waals surface area (Å²) >= 11 is 0. The Balaban J connectivity index is 1.95. The van der Waals surface area contributed by atoms with Crippen molar-refractivity contribution in [3.8, 4) is 0 Å². The SMILES string of the molecule is CCOC(=O)CCCCCCNC(=O)NC1CCN(C(C)C)C1. The zero-order valence-corrected chi connectivity index (χ0v) is 14.9. The van der Waals surface area contributed by atoms with Gasteiger partial charge in [-0.3, -0.25) is 9.69 Å². The second-order valence-electron chi connectivity index (χ2n) is 6.44. The average Bonchev–Trinajstić information content (AvgIpc) is 2.95. The summed E-state index contributed by atoms with van der Waals surface area (Å²) in [7, 11) is 0. The Hall–Kier alpha value is -1.30. The molecule has 1 atom stereocenters. The minimum Gasteiger partial charge on any atom is -0.466 e. The number of rotatable bonds is 10. The highest BCUT2D eigenvalue weighted by molar-refractivity contribution is 5.74. The Bertz CT molecular complexity index is 361. The molecule has 0 spiro atoms. The molecule has 1 saturated heterocycles. The monoisotopic (exact) mass is 327 g/mol. The van der Waals surface area contributed by atoms with E-state index in [-0.39, 0.29) is 18.0 Å². The molecule has 6 nitrogen and oxygen atoms in total. The lowest BCUT2D eigenvalue weighted by molar-refractivity contribution is -0.143. The summed E-state index contributed by atoms with van der Waals surface area (Å²) in [5, 5.41) is 5.96. The molecule has 1 aliphatic heterocycles. The maximum Gasteiger partial charge on any atom is 0.315 e. The van der Waals surface area contributed by atoms with Gasteiger partial charge in [0.15, 0.2) is 0 Å². The van der Waals surface area contributed by atoms with Gasteiger partial charge in [-0.15, -0.1) is 0 Å². The number of hydrogen-bond acceptors (Lipinski definition) is 4. The highest BCUT2D eigenvalue weighted by Crippen LogP contribution is 2.12. The summed E-state index contributed by atoms with van der Waals surface area (Å²) in [6, 6.07) is 0.744. The molecule has 1 rings (SSSR count). The van der Waals surface area contributed by atoms with Gasteiger partial charge in [0.25, 0.3) is 0 Å². The zero-order chi connectivity index (χ0) is 17.1. The number of amides is 2. The first-order valence-electron chi connectivity index (χ1n) is 8.97. The first-order valence-corrected chi connectivity index (χ1v) is 8.97. The molecule has 1 heterocycles. The molecule has 1 fully saturated rings. The van der Waals surface area contributed by atoms with Crippen LogP contribution >= 0.6 is 0 Å². The molecule has 0 aromatic carbocycles.